The highest BCUT2D eigenvalue weighted by atomic mass is 16.5. The van der Waals surface area contributed by atoms with Gasteiger partial charge in [-0.1, -0.05) is 24.3 Å². The van der Waals surface area contributed by atoms with Gasteiger partial charge in [-0.2, -0.15) is 0 Å². The van der Waals surface area contributed by atoms with Crippen molar-refractivity contribution in [3.8, 4) is 5.75 Å². The van der Waals surface area contributed by atoms with E-state index in [9.17, 15) is 4.79 Å². The van der Waals surface area contributed by atoms with Gasteiger partial charge in [0, 0.05) is 38.0 Å². The summed E-state index contributed by atoms with van der Waals surface area (Å²) in [6.07, 6.45) is 3.18. The number of rotatable bonds is 9. The first-order valence-corrected chi connectivity index (χ1v) is 9.61. The fourth-order valence-electron chi connectivity index (χ4n) is 3.12. The predicted octanol–water partition coefficient (Wildman–Crippen LogP) is 3.50. The lowest BCUT2D eigenvalue weighted by Crippen LogP contribution is -2.28. The topological polar surface area (TPSA) is 50.8 Å². The summed E-state index contributed by atoms with van der Waals surface area (Å²) in [5.41, 5.74) is 1.80. The minimum atomic E-state index is -0.0695. The van der Waals surface area contributed by atoms with Crippen molar-refractivity contribution in [2.75, 3.05) is 38.3 Å². The number of amides is 1. The van der Waals surface area contributed by atoms with Crippen molar-refractivity contribution in [3.05, 3.63) is 60.2 Å². The van der Waals surface area contributed by atoms with E-state index in [0.717, 1.165) is 32.4 Å². The summed E-state index contributed by atoms with van der Waals surface area (Å²) in [7, 11) is 2.06. The van der Waals surface area contributed by atoms with Gasteiger partial charge in [0.15, 0.2) is 0 Å². The quantitative estimate of drug-likeness (QED) is 0.688. The van der Waals surface area contributed by atoms with E-state index in [4.69, 9.17) is 9.47 Å². The van der Waals surface area contributed by atoms with Gasteiger partial charge in [-0.25, -0.2) is 0 Å². The number of ether oxygens (including phenoxy) is 2. The van der Waals surface area contributed by atoms with Gasteiger partial charge < -0.3 is 19.7 Å². The Morgan fingerprint density at radius 2 is 2.07 bits per heavy atom. The molecular formula is C22H28N2O3. The fraction of sp³-hybridized carbons (Fsp3) is 0.409. The lowest BCUT2D eigenvalue weighted by atomic mass is 10.2. The number of hydrogen-bond acceptors (Lipinski definition) is 4. The van der Waals surface area contributed by atoms with Crippen molar-refractivity contribution >= 4 is 11.6 Å². The molecule has 1 saturated heterocycles. The minimum absolute atomic E-state index is 0.0695. The van der Waals surface area contributed by atoms with Crippen LogP contribution in [0.15, 0.2) is 54.6 Å². The summed E-state index contributed by atoms with van der Waals surface area (Å²) in [6, 6.07) is 17.6. The Morgan fingerprint density at radius 1 is 1.22 bits per heavy atom. The molecule has 1 amide bonds. The third kappa shape index (κ3) is 6.00. The molecule has 0 bridgehead atoms. The van der Waals surface area contributed by atoms with E-state index in [1.165, 1.54) is 5.69 Å². The largest absolute Gasteiger partial charge is 0.491 e. The molecule has 5 nitrogen and oxygen atoms in total. The number of nitrogens with one attached hydrogen (secondary N) is 1. The molecule has 1 N–H and O–H groups in total. The molecule has 1 aliphatic heterocycles. The molecule has 1 atom stereocenters. The van der Waals surface area contributed by atoms with Crippen LogP contribution < -0.4 is 15.0 Å². The van der Waals surface area contributed by atoms with Crippen molar-refractivity contribution in [1.29, 1.82) is 0 Å². The second kappa shape index (κ2) is 9.97. The normalized spacial score (nSPS) is 16.1. The Hall–Kier alpha value is -2.53. The van der Waals surface area contributed by atoms with Gasteiger partial charge in [0.1, 0.15) is 12.4 Å². The summed E-state index contributed by atoms with van der Waals surface area (Å²) in [4.78, 5) is 14.6. The molecule has 3 rings (SSSR count). The maximum atomic E-state index is 12.4. The zero-order chi connectivity index (χ0) is 18.9. The van der Waals surface area contributed by atoms with Gasteiger partial charge in [-0.15, -0.1) is 0 Å². The number of para-hydroxylation sites is 1. The van der Waals surface area contributed by atoms with Crippen LogP contribution in [0.25, 0.3) is 0 Å². The van der Waals surface area contributed by atoms with Gasteiger partial charge in [-0.05, 0) is 49.6 Å². The fourth-order valence-corrected chi connectivity index (χ4v) is 3.12. The Morgan fingerprint density at radius 3 is 2.85 bits per heavy atom. The van der Waals surface area contributed by atoms with Crippen LogP contribution >= 0.6 is 0 Å². The lowest BCUT2D eigenvalue weighted by Gasteiger charge is -2.19. The predicted molar refractivity (Wildman–Crippen MR) is 108 cm³/mol. The number of carbonyl (C=O) groups is 1. The third-order valence-corrected chi connectivity index (χ3v) is 4.71. The van der Waals surface area contributed by atoms with E-state index in [1.54, 1.807) is 6.07 Å². The van der Waals surface area contributed by atoms with E-state index in [-0.39, 0.29) is 12.0 Å². The monoisotopic (exact) mass is 368 g/mol. The molecule has 27 heavy (non-hydrogen) atoms. The number of carbonyl (C=O) groups excluding carboxylic acids is 1. The van der Waals surface area contributed by atoms with E-state index in [1.807, 2.05) is 36.4 Å². The third-order valence-electron chi connectivity index (χ3n) is 4.71. The summed E-state index contributed by atoms with van der Waals surface area (Å²) in [5.74, 6) is 0.641. The van der Waals surface area contributed by atoms with Gasteiger partial charge >= 0.3 is 0 Å². The van der Waals surface area contributed by atoms with Crippen LogP contribution in [0.4, 0.5) is 5.69 Å². The second-order valence-corrected chi connectivity index (χ2v) is 6.84. The second-order valence-electron chi connectivity index (χ2n) is 6.84. The van der Waals surface area contributed by atoms with Gasteiger partial charge in [0.05, 0.1) is 6.10 Å². The summed E-state index contributed by atoms with van der Waals surface area (Å²) in [5, 5.41) is 2.98. The van der Waals surface area contributed by atoms with Crippen molar-refractivity contribution in [2.24, 2.45) is 0 Å². The molecule has 5 heteroatoms. The number of hydrogen-bond donors (Lipinski definition) is 1. The van der Waals surface area contributed by atoms with Gasteiger partial charge in [0.2, 0.25) is 0 Å². The molecule has 144 valence electrons. The highest BCUT2D eigenvalue weighted by Gasteiger charge is 2.16. The van der Waals surface area contributed by atoms with Crippen LogP contribution in [0.1, 0.15) is 29.6 Å². The first-order chi connectivity index (χ1) is 13.2. The molecule has 0 spiro atoms. The van der Waals surface area contributed by atoms with Crippen molar-refractivity contribution in [2.45, 2.75) is 25.4 Å². The van der Waals surface area contributed by atoms with Gasteiger partial charge in [0.25, 0.3) is 5.91 Å². The van der Waals surface area contributed by atoms with Gasteiger partial charge in [-0.3, -0.25) is 4.79 Å². The summed E-state index contributed by atoms with van der Waals surface area (Å²) >= 11 is 0. The summed E-state index contributed by atoms with van der Waals surface area (Å²) < 4.78 is 11.3. The van der Waals surface area contributed by atoms with Crippen molar-refractivity contribution in [3.63, 3.8) is 0 Å². The Kier molecular flexibility index (Phi) is 7.11. The van der Waals surface area contributed by atoms with Crippen molar-refractivity contribution in [1.82, 2.24) is 5.32 Å². The van der Waals surface area contributed by atoms with Crippen molar-refractivity contribution < 1.29 is 14.3 Å². The molecule has 0 aliphatic carbocycles. The summed E-state index contributed by atoms with van der Waals surface area (Å²) in [6.45, 7) is 2.87. The number of nitrogens with zero attached hydrogens (tertiary/aromatic N) is 1. The van der Waals surface area contributed by atoms with E-state index in [0.29, 0.717) is 24.5 Å². The minimum Gasteiger partial charge on any atom is -0.491 e. The standard InChI is InChI=1S/C22H28N2O3/c1-24(19-9-3-2-4-10-19)14-7-13-23-22(25)18-8-5-11-20(16-18)27-17-21-12-6-15-26-21/h2-5,8-11,16,21H,6-7,12-15,17H2,1H3,(H,23,25). The first-order valence-electron chi connectivity index (χ1n) is 9.61. The van der Waals surface area contributed by atoms with Crippen LogP contribution in [0.5, 0.6) is 5.75 Å². The molecule has 1 unspecified atom stereocenters. The smallest absolute Gasteiger partial charge is 0.251 e. The van der Waals surface area contributed by atoms with Crippen LogP contribution in [0, 0.1) is 0 Å². The molecule has 0 saturated carbocycles. The molecule has 2 aromatic carbocycles. The SMILES string of the molecule is CN(CCCNC(=O)c1cccc(OCC2CCCO2)c1)c1ccccc1. The zero-order valence-corrected chi connectivity index (χ0v) is 15.9. The Labute approximate surface area is 161 Å². The van der Waals surface area contributed by atoms with Crippen LogP contribution in [-0.2, 0) is 4.74 Å². The Balaban J connectivity index is 1.40. The average Bonchev–Trinajstić information content (AvgIpc) is 3.24. The molecule has 1 heterocycles. The first kappa shape index (κ1) is 19.2. The molecule has 1 fully saturated rings. The van der Waals surface area contributed by atoms with E-state index in [2.05, 4.69) is 29.4 Å². The van der Waals surface area contributed by atoms with Crippen LogP contribution in [0.2, 0.25) is 0 Å². The maximum Gasteiger partial charge on any atom is 0.251 e. The Bertz CT molecular complexity index is 715. The molecule has 0 radical (unpaired) electrons. The molecular weight excluding hydrogens is 340 g/mol. The maximum absolute atomic E-state index is 12.4. The van der Waals surface area contributed by atoms with Crippen LogP contribution in [-0.4, -0.2) is 45.4 Å². The number of anilines is 1. The highest BCUT2D eigenvalue weighted by Crippen LogP contribution is 2.17. The molecule has 2 aromatic rings. The van der Waals surface area contributed by atoms with E-state index < -0.39 is 0 Å². The number of benzene rings is 2. The average molecular weight is 368 g/mol. The van der Waals surface area contributed by atoms with Crippen LogP contribution in [0.3, 0.4) is 0 Å². The highest BCUT2D eigenvalue weighted by molar-refractivity contribution is 5.94. The van der Waals surface area contributed by atoms with E-state index >= 15 is 0 Å². The molecule has 0 aromatic heterocycles. The lowest BCUT2D eigenvalue weighted by molar-refractivity contribution is 0.0679. The zero-order valence-electron chi connectivity index (χ0n) is 15.9. The molecule has 1 aliphatic rings.